The van der Waals surface area contributed by atoms with Gasteiger partial charge in [-0.25, -0.2) is 0 Å². The van der Waals surface area contributed by atoms with E-state index in [1.54, 1.807) is 6.08 Å². The van der Waals surface area contributed by atoms with Gasteiger partial charge < -0.3 is 45.1 Å². The molecule has 0 radical (unpaired) electrons. The van der Waals surface area contributed by atoms with E-state index >= 15 is 0 Å². The molecule has 75 heavy (non-hydrogen) atoms. The third-order valence-corrected chi connectivity index (χ3v) is 14.7. The number of ether oxygens (including phenoxy) is 3. The maximum absolute atomic E-state index is 13.4. The molecule has 8 unspecified atom stereocenters. The van der Waals surface area contributed by atoms with E-state index in [0.717, 1.165) is 70.6 Å². The molecule has 6 N–H and O–H groups in total. The van der Waals surface area contributed by atoms with E-state index in [0.29, 0.717) is 12.8 Å². The SMILES string of the molecule is CCCCC/C=C\C/C=C\CCCCCCCCCCCCCCC(O)C(=O)NC(COC1OC(CO)C(O)C(O)C1OC(=O)CCCCC/C=C\CCCCCCCC)C(O)/C=C/CCCCCCCCCCC. The van der Waals surface area contributed by atoms with E-state index < -0.39 is 67.4 Å². The summed E-state index contributed by atoms with van der Waals surface area (Å²) in [5.74, 6) is -1.21. The van der Waals surface area contributed by atoms with Crippen LogP contribution in [0, 0.1) is 0 Å². The molecule has 1 heterocycles. The highest BCUT2D eigenvalue weighted by molar-refractivity contribution is 5.80. The van der Waals surface area contributed by atoms with Gasteiger partial charge in [-0.2, -0.15) is 0 Å². The van der Waals surface area contributed by atoms with Crippen LogP contribution in [0.15, 0.2) is 48.6 Å². The van der Waals surface area contributed by atoms with Crippen molar-refractivity contribution in [1.82, 2.24) is 5.32 Å². The Hall–Kier alpha value is -2.38. The largest absolute Gasteiger partial charge is 0.454 e. The number of hydrogen-bond acceptors (Lipinski definition) is 10. The zero-order valence-corrected chi connectivity index (χ0v) is 48.4. The number of aliphatic hydroxyl groups is 5. The molecule has 8 atom stereocenters. The monoisotopic (exact) mass is 1060 g/mol. The second-order valence-corrected chi connectivity index (χ2v) is 21.8. The second kappa shape index (κ2) is 52.3. The Morgan fingerprint density at radius 1 is 0.520 bits per heavy atom. The fraction of sp³-hybridized carbons (Fsp3) is 0.844. The average Bonchev–Trinajstić information content (AvgIpc) is 3.41. The molecule has 0 spiro atoms. The quantitative estimate of drug-likeness (QED) is 0.0195. The third-order valence-electron chi connectivity index (χ3n) is 14.7. The van der Waals surface area contributed by atoms with Gasteiger partial charge in [-0.05, 0) is 83.5 Å². The number of hydrogen-bond donors (Lipinski definition) is 6. The molecule has 0 aromatic heterocycles. The van der Waals surface area contributed by atoms with Crippen LogP contribution in [0.5, 0.6) is 0 Å². The summed E-state index contributed by atoms with van der Waals surface area (Å²) in [5.41, 5.74) is 0. The standard InChI is InChI=1S/C64H117NO10/c1-4-7-10-13-16-19-22-24-25-26-27-28-29-30-31-32-34-36-39-42-45-48-51-57(68)63(72)65-55(56(67)50-47-44-41-38-35-21-18-15-12-9-6-3)54-73-64-62(61(71)60(70)58(53-66)74-64)75-59(69)52-49-46-43-40-37-33-23-20-17-14-11-8-5-2/h16,19,24-25,33,37,47,50,55-58,60-62,64,66-68,70-71H,4-15,17-18,20-23,26-32,34-36,38-46,48-49,51-54H2,1-3H3,(H,65,72)/b19-16-,25-24-,37-33-,50-47+. The highest BCUT2D eigenvalue weighted by Gasteiger charge is 2.47. The molecule has 0 aliphatic carbocycles. The lowest BCUT2D eigenvalue weighted by molar-refractivity contribution is -0.305. The van der Waals surface area contributed by atoms with Gasteiger partial charge in [0, 0.05) is 6.42 Å². The van der Waals surface area contributed by atoms with Gasteiger partial charge >= 0.3 is 5.97 Å². The molecule has 11 heteroatoms. The van der Waals surface area contributed by atoms with Crippen LogP contribution in [0.2, 0.25) is 0 Å². The van der Waals surface area contributed by atoms with Gasteiger partial charge in [0.05, 0.1) is 25.4 Å². The van der Waals surface area contributed by atoms with Crippen LogP contribution in [0.3, 0.4) is 0 Å². The van der Waals surface area contributed by atoms with E-state index in [9.17, 15) is 35.1 Å². The Morgan fingerprint density at radius 2 is 0.920 bits per heavy atom. The number of carbonyl (C=O) groups excluding carboxylic acids is 2. The van der Waals surface area contributed by atoms with Crippen LogP contribution in [-0.2, 0) is 23.8 Å². The van der Waals surface area contributed by atoms with E-state index in [4.69, 9.17) is 14.2 Å². The lowest BCUT2D eigenvalue weighted by atomic mass is 9.99. The fourth-order valence-electron chi connectivity index (χ4n) is 9.68. The molecule has 1 fully saturated rings. The molecule has 1 amide bonds. The first-order valence-corrected chi connectivity index (χ1v) is 31.4. The Morgan fingerprint density at radius 3 is 1.40 bits per heavy atom. The van der Waals surface area contributed by atoms with Crippen molar-refractivity contribution in [2.24, 2.45) is 0 Å². The van der Waals surface area contributed by atoms with Gasteiger partial charge in [0.2, 0.25) is 5.91 Å². The van der Waals surface area contributed by atoms with Gasteiger partial charge in [-0.15, -0.1) is 0 Å². The third kappa shape index (κ3) is 40.5. The van der Waals surface area contributed by atoms with Gasteiger partial charge in [-0.3, -0.25) is 9.59 Å². The molecule has 1 aliphatic rings. The predicted octanol–water partition coefficient (Wildman–Crippen LogP) is 14.8. The number of esters is 1. The Labute approximate surface area is 459 Å². The summed E-state index contributed by atoms with van der Waals surface area (Å²) >= 11 is 0. The van der Waals surface area contributed by atoms with Crippen molar-refractivity contribution in [1.29, 1.82) is 0 Å². The first kappa shape index (κ1) is 70.6. The van der Waals surface area contributed by atoms with Crippen LogP contribution in [0.4, 0.5) is 0 Å². The summed E-state index contributed by atoms with van der Waals surface area (Å²) in [6.45, 7) is 5.75. The molecule has 0 saturated carbocycles. The average molecular weight is 1060 g/mol. The van der Waals surface area contributed by atoms with Crippen LogP contribution in [0.1, 0.15) is 284 Å². The first-order valence-electron chi connectivity index (χ1n) is 31.4. The molecular weight excluding hydrogens is 943 g/mol. The van der Waals surface area contributed by atoms with Crippen LogP contribution in [-0.4, -0.2) is 99.6 Å². The summed E-state index contributed by atoms with van der Waals surface area (Å²) in [7, 11) is 0. The molecular formula is C64H117NO10. The number of amides is 1. The van der Waals surface area contributed by atoms with E-state index in [2.05, 4.69) is 62.5 Å². The molecule has 1 saturated heterocycles. The Bertz CT molecular complexity index is 1400. The molecule has 1 rings (SSSR count). The molecule has 438 valence electrons. The highest BCUT2D eigenvalue weighted by atomic mass is 16.7. The minimum atomic E-state index is -1.62. The Kier molecular flexibility index (Phi) is 49.3. The lowest BCUT2D eigenvalue weighted by Crippen LogP contribution is -2.61. The zero-order valence-electron chi connectivity index (χ0n) is 48.4. The fourth-order valence-corrected chi connectivity index (χ4v) is 9.68. The van der Waals surface area contributed by atoms with Gasteiger partial charge in [0.15, 0.2) is 12.4 Å². The minimum Gasteiger partial charge on any atom is -0.454 e. The van der Waals surface area contributed by atoms with Crippen molar-refractivity contribution in [2.75, 3.05) is 13.2 Å². The summed E-state index contributed by atoms with van der Waals surface area (Å²) in [4.78, 5) is 26.5. The number of aliphatic hydroxyl groups excluding tert-OH is 5. The minimum absolute atomic E-state index is 0.104. The maximum atomic E-state index is 13.4. The normalized spacial score (nSPS) is 19.5. The van der Waals surface area contributed by atoms with Gasteiger partial charge in [0.25, 0.3) is 0 Å². The van der Waals surface area contributed by atoms with Crippen molar-refractivity contribution < 1.29 is 49.3 Å². The smallest absolute Gasteiger partial charge is 0.306 e. The van der Waals surface area contributed by atoms with Gasteiger partial charge in [0.1, 0.15) is 24.4 Å². The van der Waals surface area contributed by atoms with Crippen LogP contribution in [0.25, 0.3) is 0 Å². The summed E-state index contributed by atoms with van der Waals surface area (Å²) < 4.78 is 17.6. The number of carbonyl (C=O) groups is 2. The number of unbranched alkanes of at least 4 members (excludes halogenated alkanes) is 33. The Balaban J connectivity index is 2.63. The number of nitrogens with one attached hydrogen (secondary N) is 1. The highest BCUT2D eigenvalue weighted by Crippen LogP contribution is 2.26. The lowest BCUT2D eigenvalue weighted by Gasteiger charge is -2.41. The van der Waals surface area contributed by atoms with Crippen LogP contribution < -0.4 is 5.32 Å². The summed E-state index contributed by atoms with van der Waals surface area (Å²) in [6.07, 6.45) is 53.0. The topological polar surface area (TPSA) is 175 Å². The molecule has 1 aliphatic heterocycles. The van der Waals surface area contributed by atoms with E-state index in [1.165, 1.54) is 167 Å². The zero-order chi connectivity index (χ0) is 54.7. The molecule has 11 nitrogen and oxygen atoms in total. The molecule has 0 aromatic carbocycles. The van der Waals surface area contributed by atoms with Gasteiger partial charge in [-0.1, -0.05) is 243 Å². The van der Waals surface area contributed by atoms with Crippen LogP contribution >= 0.6 is 0 Å². The summed E-state index contributed by atoms with van der Waals surface area (Å²) in [6, 6.07) is -1.03. The number of allylic oxidation sites excluding steroid dienone is 7. The first-order chi connectivity index (χ1) is 36.7. The van der Waals surface area contributed by atoms with Crippen molar-refractivity contribution in [3.8, 4) is 0 Å². The van der Waals surface area contributed by atoms with E-state index in [1.807, 2.05) is 6.08 Å². The van der Waals surface area contributed by atoms with Crippen molar-refractivity contribution in [2.45, 2.75) is 333 Å². The van der Waals surface area contributed by atoms with Crippen molar-refractivity contribution >= 4 is 11.9 Å². The molecule has 0 bridgehead atoms. The number of rotatable bonds is 53. The molecule has 0 aromatic rings. The van der Waals surface area contributed by atoms with Crippen molar-refractivity contribution in [3.63, 3.8) is 0 Å². The summed E-state index contributed by atoms with van der Waals surface area (Å²) in [5, 5.41) is 56.9. The van der Waals surface area contributed by atoms with Crippen molar-refractivity contribution in [3.05, 3.63) is 48.6 Å². The van der Waals surface area contributed by atoms with E-state index in [-0.39, 0.29) is 19.4 Å². The second-order valence-electron chi connectivity index (χ2n) is 21.8. The maximum Gasteiger partial charge on any atom is 0.306 e. The predicted molar refractivity (Wildman–Crippen MR) is 310 cm³/mol.